The number of carbonyl (C=O) groups is 1. The number of nitrogens with zero attached hydrogens (tertiary/aromatic N) is 3. The zero-order valence-corrected chi connectivity index (χ0v) is 19.6. The average molecular weight is 469 g/mol. The highest BCUT2D eigenvalue weighted by Gasteiger charge is 2.33. The van der Waals surface area contributed by atoms with Crippen LogP contribution in [0.1, 0.15) is 42.3 Å². The zero-order chi connectivity index (χ0) is 23.4. The number of sulfonamides is 1. The van der Waals surface area contributed by atoms with Gasteiger partial charge < -0.3 is 4.42 Å². The third-order valence-corrected chi connectivity index (χ3v) is 7.78. The zero-order valence-electron chi connectivity index (χ0n) is 18.8. The van der Waals surface area contributed by atoms with Gasteiger partial charge in [0.1, 0.15) is 0 Å². The van der Waals surface area contributed by atoms with E-state index in [1.165, 1.54) is 9.87 Å². The number of carbonyl (C=O) groups excluding carboxylic acids is 1. The Morgan fingerprint density at radius 1 is 1.09 bits per heavy atom. The van der Waals surface area contributed by atoms with Gasteiger partial charge in [-0.05, 0) is 49.4 Å². The number of piperidine rings is 1. The average Bonchev–Trinajstić information content (AvgIpc) is 3.26. The number of aromatic nitrogens is 2. The second-order valence-electron chi connectivity index (χ2n) is 8.35. The maximum atomic E-state index is 13.0. The molecule has 0 bridgehead atoms. The van der Waals surface area contributed by atoms with Crippen LogP contribution in [0.2, 0.25) is 0 Å². The molecule has 3 aromatic rings. The van der Waals surface area contributed by atoms with E-state index in [2.05, 4.69) is 34.6 Å². The summed E-state index contributed by atoms with van der Waals surface area (Å²) in [4.78, 5) is 13.0. The summed E-state index contributed by atoms with van der Waals surface area (Å²) in [5.74, 6) is -0.404. The lowest BCUT2D eigenvalue weighted by atomic mass is 9.99. The standard InChI is InChI=1S/C24H28N4O4S/c1-3-18-8-10-19(11-9-18)15-22-26-27-24(32-22)25-23(29)20-5-4-14-28(16-20)33(30,31)21-12-6-17(2)7-13-21/h6-13,20H,3-5,14-16H2,1-2H3,(H,25,27,29). The smallest absolute Gasteiger partial charge is 0.322 e. The van der Waals surface area contributed by atoms with E-state index >= 15 is 0 Å². The van der Waals surface area contributed by atoms with Crippen molar-refractivity contribution in [2.45, 2.75) is 44.4 Å². The van der Waals surface area contributed by atoms with E-state index in [1.54, 1.807) is 24.3 Å². The van der Waals surface area contributed by atoms with Crippen molar-refractivity contribution in [1.29, 1.82) is 0 Å². The van der Waals surface area contributed by atoms with Crippen LogP contribution in [0.5, 0.6) is 0 Å². The second kappa shape index (κ2) is 9.84. The molecule has 4 rings (SSSR count). The molecular weight excluding hydrogens is 440 g/mol. The van der Waals surface area contributed by atoms with Crippen LogP contribution in [-0.4, -0.2) is 41.9 Å². The Morgan fingerprint density at radius 2 is 1.79 bits per heavy atom. The summed E-state index contributed by atoms with van der Waals surface area (Å²) >= 11 is 0. The van der Waals surface area contributed by atoms with Crippen LogP contribution in [-0.2, 0) is 27.7 Å². The molecule has 0 radical (unpaired) electrons. The highest BCUT2D eigenvalue weighted by molar-refractivity contribution is 7.89. The summed E-state index contributed by atoms with van der Waals surface area (Å²) < 4.78 is 33.0. The third kappa shape index (κ3) is 5.48. The number of aryl methyl sites for hydroxylation is 2. The maximum Gasteiger partial charge on any atom is 0.322 e. The van der Waals surface area contributed by atoms with Gasteiger partial charge in [0.05, 0.1) is 17.2 Å². The normalized spacial score (nSPS) is 17.1. The topological polar surface area (TPSA) is 105 Å². The van der Waals surface area contributed by atoms with Gasteiger partial charge in [0, 0.05) is 13.1 Å². The Labute approximate surface area is 194 Å². The Hall–Kier alpha value is -3.04. The van der Waals surface area contributed by atoms with Gasteiger partial charge in [0.25, 0.3) is 0 Å². The number of nitrogens with one attached hydrogen (secondary N) is 1. The summed E-state index contributed by atoms with van der Waals surface area (Å²) in [5.41, 5.74) is 3.28. The molecule has 2 heterocycles. The fourth-order valence-corrected chi connectivity index (χ4v) is 5.41. The Morgan fingerprint density at radius 3 is 2.48 bits per heavy atom. The van der Waals surface area contributed by atoms with Crippen LogP contribution >= 0.6 is 0 Å². The first-order valence-corrected chi connectivity index (χ1v) is 12.6. The van der Waals surface area contributed by atoms with Gasteiger partial charge in [0.2, 0.25) is 21.8 Å². The van der Waals surface area contributed by atoms with Gasteiger partial charge in [0.15, 0.2) is 0 Å². The molecule has 1 amide bonds. The van der Waals surface area contributed by atoms with Crippen molar-refractivity contribution in [2.24, 2.45) is 5.92 Å². The Kier molecular flexibility index (Phi) is 6.90. The molecule has 0 saturated carbocycles. The first kappa shape index (κ1) is 23.1. The van der Waals surface area contributed by atoms with Crippen molar-refractivity contribution in [1.82, 2.24) is 14.5 Å². The van der Waals surface area contributed by atoms with E-state index in [4.69, 9.17) is 4.42 Å². The van der Waals surface area contributed by atoms with Crippen molar-refractivity contribution >= 4 is 21.9 Å². The molecule has 0 aliphatic carbocycles. The Balaban J connectivity index is 1.38. The fourth-order valence-electron chi connectivity index (χ4n) is 3.88. The quantitative estimate of drug-likeness (QED) is 0.568. The van der Waals surface area contributed by atoms with E-state index in [-0.39, 0.29) is 23.4 Å². The molecule has 8 nitrogen and oxygen atoms in total. The van der Waals surface area contributed by atoms with Crippen LogP contribution in [0, 0.1) is 12.8 Å². The number of rotatable bonds is 7. The van der Waals surface area contributed by atoms with Crippen molar-refractivity contribution in [3.63, 3.8) is 0 Å². The SMILES string of the molecule is CCc1ccc(Cc2nnc(NC(=O)C3CCCN(S(=O)(=O)c4ccc(C)cc4)C3)o2)cc1. The predicted molar refractivity (Wildman–Crippen MR) is 124 cm³/mol. The van der Waals surface area contributed by atoms with Gasteiger partial charge in [-0.3, -0.25) is 10.1 Å². The van der Waals surface area contributed by atoms with E-state index in [9.17, 15) is 13.2 Å². The molecule has 1 aliphatic heterocycles. The number of hydrogen-bond acceptors (Lipinski definition) is 6. The second-order valence-corrected chi connectivity index (χ2v) is 10.3. The summed E-state index contributed by atoms with van der Waals surface area (Å²) in [6, 6.07) is 14.9. The lowest BCUT2D eigenvalue weighted by molar-refractivity contribution is -0.121. The number of hydrogen-bond donors (Lipinski definition) is 1. The summed E-state index contributed by atoms with van der Waals surface area (Å²) in [6.07, 6.45) is 2.64. The van der Waals surface area contributed by atoms with Gasteiger partial charge in [-0.15, -0.1) is 5.10 Å². The van der Waals surface area contributed by atoms with Gasteiger partial charge in [-0.25, -0.2) is 8.42 Å². The van der Waals surface area contributed by atoms with Crippen LogP contribution in [0.3, 0.4) is 0 Å². The monoisotopic (exact) mass is 468 g/mol. The third-order valence-electron chi connectivity index (χ3n) is 5.90. The van der Waals surface area contributed by atoms with Crippen LogP contribution in [0.25, 0.3) is 0 Å². The van der Waals surface area contributed by atoms with E-state index in [0.717, 1.165) is 17.5 Å². The van der Waals surface area contributed by atoms with E-state index < -0.39 is 15.9 Å². The molecular formula is C24H28N4O4S. The lowest BCUT2D eigenvalue weighted by Crippen LogP contribution is -2.43. The minimum Gasteiger partial charge on any atom is -0.407 e. The molecule has 1 N–H and O–H groups in total. The van der Waals surface area contributed by atoms with Crippen molar-refractivity contribution in [2.75, 3.05) is 18.4 Å². The molecule has 1 fully saturated rings. The highest BCUT2D eigenvalue weighted by atomic mass is 32.2. The van der Waals surface area contributed by atoms with Crippen LogP contribution in [0.15, 0.2) is 57.8 Å². The predicted octanol–water partition coefficient (Wildman–Crippen LogP) is 3.57. The molecule has 174 valence electrons. The van der Waals surface area contributed by atoms with Crippen LogP contribution < -0.4 is 5.32 Å². The molecule has 9 heteroatoms. The number of anilines is 1. The van der Waals surface area contributed by atoms with Gasteiger partial charge in [-0.1, -0.05) is 54.0 Å². The number of amides is 1. The minimum absolute atomic E-state index is 0.0266. The molecule has 1 unspecified atom stereocenters. The molecule has 2 aromatic carbocycles. The van der Waals surface area contributed by atoms with Crippen molar-refractivity contribution in [3.05, 3.63) is 71.1 Å². The fraction of sp³-hybridized carbons (Fsp3) is 0.375. The minimum atomic E-state index is -3.65. The van der Waals surface area contributed by atoms with Crippen molar-refractivity contribution < 1.29 is 17.6 Å². The first-order valence-electron chi connectivity index (χ1n) is 11.1. The van der Waals surface area contributed by atoms with E-state index in [0.29, 0.717) is 31.7 Å². The summed E-state index contributed by atoms with van der Waals surface area (Å²) in [6.45, 7) is 4.52. The molecule has 0 spiro atoms. The maximum absolute atomic E-state index is 13.0. The summed E-state index contributed by atoms with van der Waals surface area (Å²) in [7, 11) is -3.65. The first-order chi connectivity index (χ1) is 15.8. The van der Waals surface area contributed by atoms with Crippen molar-refractivity contribution in [3.8, 4) is 0 Å². The molecule has 1 aromatic heterocycles. The largest absolute Gasteiger partial charge is 0.407 e. The molecule has 1 saturated heterocycles. The summed E-state index contributed by atoms with van der Waals surface area (Å²) in [5, 5.41) is 10.6. The van der Waals surface area contributed by atoms with Gasteiger partial charge in [-0.2, -0.15) is 4.31 Å². The highest BCUT2D eigenvalue weighted by Crippen LogP contribution is 2.25. The van der Waals surface area contributed by atoms with Crippen LogP contribution in [0.4, 0.5) is 6.01 Å². The Bertz CT molecular complexity index is 1200. The molecule has 1 atom stereocenters. The molecule has 1 aliphatic rings. The molecule has 33 heavy (non-hydrogen) atoms. The lowest BCUT2D eigenvalue weighted by Gasteiger charge is -2.30. The number of benzene rings is 2. The van der Waals surface area contributed by atoms with Gasteiger partial charge >= 0.3 is 6.01 Å². The van der Waals surface area contributed by atoms with E-state index in [1.807, 2.05) is 19.1 Å².